The highest BCUT2D eigenvalue weighted by molar-refractivity contribution is 6.04. The molecule has 28 heavy (non-hydrogen) atoms. The van der Waals surface area contributed by atoms with Crippen LogP contribution in [-0.4, -0.2) is 32.0 Å². The number of ether oxygens (including phenoxy) is 1. The largest absolute Gasteiger partial charge is 0.497 e. The first kappa shape index (κ1) is 21.4. The Bertz CT molecular complexity index is 821. The zero-order valence-corrected chi connectivity index (χ0v) is 16.5. The fourth-order valence-corrected chi connectivity index (χ4v) is 2.71. The van der Waals surface area contributed by atoms with Crippen molar-refractivity contribution in [3.63, 3.8) is 0 Å². The summed E-state index contributed by atoms with van der Waals surface area (Å²) in [7, 11) is 1.61. The van der Waals surface area contributed by atoms with E-state index in [1.165, 1.54) is 6.07 Å². The Hall–Kier alpha value is -2.89. The molecular formula is C22H27FN2O3. The number of benzene rings is 2. The van der Waals surface area contributed by atoms with Gasteiger partial charge in [0, 0.05) is 13.1 Å². The fraction of sp³-hybridized carbons (Fsp3) is 0.364. The predicted molar refractivity (Wildman–Crippen MR) is 107 cm³/mol. The van der Waals surface area contributed by atoms with Crippen molar-refractivity contribution in [3.8, 4) is 5.75 Å². The van der Waals surface area contributed by atoms with Crippen LogP contribution in [0.5, 0.6) is 5.75 Å². The molecule has 2 amide bonds. The fourth-order valence-electron chi connectivity index (χ4n) is 2.71. The number of rotatable bonds is 9. The minimum absolute atomic E-state index is 0.264. The molecule has 0 aromatic heterocycles. The Balaban J connectivity index is 1.80. The van der Waals surface area contributed by atoms with Gasteiger partial charge in [0.1, 0.15) is 17.0 Å². The van der Waals surface area contributed by atoms with Crippen molar-refractivity contribution in [2.24, 2.45) is 5.41 Å². The molecule has 0 saturated heterocycles. The van der Waals surface area contributed by atoms with Crippen LogP contribution in [-0.2, 0) is 22.4 Å². The second kappa shape index (κ2) is 9.88. The molecule has 0 bridgehead atoms. The number of nitrogens with one attached hydrogen (secondary N) is 2. The summed E-state index contributed by atoms with van der Waals surface area (Å²) < 4.78 is 18.8. The maximum absolute atomic E-state index is 13.6. The Morgan fingerprint density at radius 3 is 2.25 bits per heavy atom. The molecule has 5 nitrogen and oxygen atoms in total. The van der Waals surface area contributed by atoms with Crippen molar-refractivity contribution in [2.75, 3.05) is 20.2 Å². The van der Waals surface area contributed by atoms with Crippen LogP contribution in [0.25, 0.3) is 0 Å². The Kier molecular flexibility index (Phi) is 7.55. The molecule has 0 saturated carbocycles. The van der Waals surface area contributed by atoms with Gasteiger partial charge in [-0.15, -0.1) is 0 Å². The SMILES string of the molecule is COc1cccc(CCNC(=O)C(C)(C)C(=O)NCCc2ccccc2F)c1. The topological polar surface area (TPSA) is 67.4 Å². The standard InChI is InChI=1S/C22H27FN2O3/c1-22(2,21(27)25-14-12-17-8-4-5-10-19(17)23)20(26)24-13-11-16-7-6-9-18(15-16)28-3/h4-10,15H,11-14H2,1-3H3,(H,24,26)(H,25,27). The van der Waals surface area contributed by atoms with Crippen molar-refractivity contribution >= 4 is 11.8 Å². The number of amides is 2. The molecule has 2 aromatic carbocycles. The molecule has 0 unspecified atom stereocenters. The van der Waals surface area contributed by atoms with Gasteiger partial charge in [0.25, 0.3) is 0 Å². The van der Waals surface area contributed by atoms with Gasteiger partial charge in [-0.1, -0.05) is 30.3 Å². The highest BCUT2D eigenvalue weighted by Crippen LogP contribution is 2.16. The van der Waals surface area contributed by atoms with Crippen LogP contribution < -0.4 is 15.4 Å². The maximum Gasteiger partial charge on any atom is 0.235 e. The Labute approximate surface area is 165 Å². The Morgan fingerprint density at radius 1 is 0.964 bits per heavy atom. The maximum atomic E-state index is 13.6. The lowest BCUT2D eigenvalue weighted by Crippen LogP contribution is -2.48. The minimum atomic E-state index is -1.22. The van der Waals surface area contributed by atoms with Crippen LogP contribution in [0.15, 0.2) is 48.5 Å². The lowest BCUT2D eigenvalue weighted by molar-refractivity contribution is -0.141. The van der Waals surface area contributed by atoms with Crippen LogP contribution in [0.3, 0.4) is 0 Å². The van der Waals surface area contributed by atoms with Crippen molar-refractivity contribution in [2.45, 2.75) is 26.7 Å². The van der Waals surface area contributed by atoms with E-state index < -0.39 is 5.41 Å². The first-order valence-corrected chi connectivity index (χ1v) is 9.27. The molecule has 6 heteroatoms. The first-order valence-electron chi connectivity index (χ1n) is 9.27. The predicted octanol–water partition coefficient (Wildman–Crippen LogP) is 2.88. The van der Waals surface area contributed by atoms with Crippen LogP contribution in [0.1, 0.15) is 25.0 Å². The molecule has 2 N–H and O–H groups in total. The molecule has 150 valence electrons. The van der Waals surface area contributed by atoms with Crippen LogP contribution >= 0.6 is 0 Å². The average Bonchev–Trinajstić information content (AvgIpc) is 2.69. The first-order chi connectivity index (χ1) is 13.3. The third-order valence-corrected chi connectivity index (χ3v) is 4.61. The summed E-state index contributed by atoms with van der Waals surface area (Å²) in [4.78, 5) is 24.9. The van der Waals surface area contributed by atoms with Gasteiger partial charge in [0.2, 0.25) is 11.8 Å². The molecule has 0 radical (unpaired) electrons. The molecule has 2 aromatic rings. The zero-order chi connectivity index (χ0) is 20.6. The van der Waals surface area contributed by atoms with E-state index in [2.05, 4.69) is 10.6 Å². The van der Waals surface area contributed by atoms with Crippen molar-refractivity contribution in [3.05, 3.63) is 65.5 Å². The summed E-state index contributed by atoms with van der Waals surface area (Å²) in [5, 5.41) is 5.53. The molecule has 0 aliphatic heterocycles. The summed E-state index contributed by atoms with van der Waals surface area (Å²) >= 11 is 0. The van der Waals surface area contributed by atoms with E-state index in [-0.39, 0.29) is 24.2 Å². The molecule has 0 aliphatic carbocycles. The third kappa shape index (κ3) is 5.81. The highest BCUT2D eigenvalue weighted by Gasteiger charge is 2.35. The van der Waals surface area contributed by atoms with Gasteiger partial charge in [-0.2, -0.15) is 0 Å². The van der Waals surface area contributed by atoms with Crippen molar-refractivity contribution < 1.29 is 18.7 Å². The normalized spacial score (nSPS) is 11.0. The molecular weight excluding hydrogens is 359 g/mol. The Morgan fingerprint density at radius 2 is 1.61 bits per heavy atom. The summed E-state index contributed by atoms with van der Waals surface area (Å²) in [6.45, 7) is 3.83. The highest BCUT2D eigenvalue weighted by atomic mass is 19.1. The van der Waals surface area contributed by atoms with E-state index in [1.807, 2.05) is 24.3 Å². The number of halogens is 1. The van der Waals surface area contributed by atoms with Crippen molar-refractivity contribution in [1.29, 1.82) is 0 Å². The third-order valence-electron chi connectivity index (χ3n) is 4.61. The number of methoxy groups -OCH3 is 1. The lowest BCUT2D eigenvalue weighted by atomic mass is 9.91. The van der Waals surface area contributed by atoms with Gasteiger partial charge in [-0.25, -0.2) is 4.39 Å². The second-order valence-electron chi connectivity index (χ2n) is 7.08. The summed E-state index contributed by atoms with van der Waals surface area (Å²) in [6.07, 6.45) is 1.000. The lowest BCUT2D eigenvalue weighted by Gasteiger charge is -2.22. The van der Waals surface area contributed by atoms with Crippen LogP contribution in [0, 0.1) is 11.2 Å². The minimum Gasteiger partial charge on any atom is -0.497 e. The molecule has 0 fully saturated rings. The number of hydrogen-bond donors (Lipinski definition) is 2. The number of hydrogen-bond acceptors (Lipinski definition) is 3. The molecule has 0 heterocycles. The van der Waals surface area contributed by atoms with Crippen molar-refractivity contribution in [1.82, 2.24) is 10.6 Å². The average molecular weight is 386 g/mol. The smallest absolute Gasteiger partial charge is 0.235 e. The summed E-state index contributed by atoms with van der Waals surface area (Å²) in [5.74, 6) is -0.272. The molecule has 2 rings (SSSR count). The van der Waals surface area contributed by atoms with Gasteiger partial charge in [-0.05, 0) is 56.0 Å². The van der Waals surface area contributed by atoms with E-state index in [0.717, 1.165) is 11.3 Å². The van der Waals surface area contributed by atoms with E-state index >= 15 is 0 Å². The zero-order valence-electron chi connectivity index (χ0n) is 16.5. The van der Waals surface area contributed by atoms with Gasteiger partial charge in [0.05, 0.1) is 7.11 Å². The van der Waals surface area contributed by atoms with Gasteiger partial charge < -0.3 is 15.4 Å². The number of carbonyl (C=O) groups is 2. The van der Waals surface area contributed by atoms with E-state index in [9.17, 15) is 14.0 Å². The quantitative estimate of drug-likeness (QED) is 0.651. The number of carbonyl (C=O) groups excluding carboxylic acids is 2. The van der Waals surface area contributed by atoms with Gasteiger partial charge in [0.15, 0.2) is 0 Å². The van der Waals surface area contributed by atoms with Gasteiger partial charge in [-0.3, -0.25) is 9.59 Å². The van der Waals surface area contributed by atoms with Gasteiger partial charge >= 0.3 is 0 Å². The summed E-state index contributed by atoms with van der Waals surface area (Å²) in [6, 6.07) is 14.0. The monoisotopic (exact) mass is 386 g/mol. The summed E-state index contributed by atoms with van der Waals surface area (Å²) in [5.41, 5.74) is 0.346. The van der Waals surface area contributed by atoms with E-state index in [0.29, 0.717) is 24.9 Å². The molecule has 0 aliphatic rings. The molecule has 0 spiro atoms. The van der Waals surface area contributed by atoms with E-state index in [1.54, 1.807) is 39.2 Å². The van der Waals surface area contributed by atoms with E-state index in [4.69, 9.17) is 4.74 Å². The second-order valence-corrected chi connectivity index (χ2v) is 7.08. The molecule has 0 atom stereocenters. The van der Waals surface area contributed by atoms with Crippen LogP contribution in [0.4, 0.5) is 4.39 Å². The van der Waals surface area contributed by atoms with Crippen LogP contribution in [0.2, 0.25) is 0 Å².